The number of amides is 1. The van der Waals surface area contributed by atoms with E-state index < -0.39 is 5.25 Å². The van der Waals surface area contributed by atoms with Crippen molar-refractivity contribution >= 4 is 17.7 Å². The van der Waals surface area contributed by atoms with E-state index >= 15 is 0 Å². The van der Waals surface area contributed by atoms with Crippen LogP contribution < -0.4 is 0 Å². The van der Waals surface area contributed by atoms with Gasteiger partial charge in [-0.05, 0) is 52.7 Å². The van der Waals surface area contributed by atoms with Crippen molar-refractivity contribution in [2.45, 2.75) is 30.4 Å². The second-order valence-corrected chi connectivity index (χ2v) is 8.62. The summed E-state index contributed by atoms with van der Waals surface area (Å²) in [5.74, 6) is 0.167. The predicted molar refractivity (Wildman–Crippen MR) is 123 cm³/mol. The molecule has 1 aromatic heterocycles. The number of phenols is 1. The molecule has 162 valence electrons. The van der Waals surface area contributed by atoms with Gasteiger partial charge in [-0.3, -0.25) is 4.79 Å². The lowest BCUT2D eigenvalue weighted by Gasteiger charge is -2.26. The van der Waals surface area contributed by atoms with Gasteiger partial charge in [0.2, 0.25) is 11.1 Å². The maximum absolute atomic E-state index is 13.5. The van der Waals surface area contributed by atoms with Crippen molar-refractivity contribution in [1.82, 2.24) is 25.1 Å². The number of carbonyl (C=O) groups excluding carboxylic acids is 1. The van der Waals surface area contributed by atoms with Crippen LogP contribution in [0.3, 0.4) is 0 Å². The number of nitrogens with zero attached hydrogens (tertiary/aromatic N) is 5. The van der Waals surface area contributed by atoms with Gasteiger partial charge in [0.05, 0.1) is 10.9 Å². The molecular weight excluding hydrogens is 422 g/mol. The molecule has 1 heterocycles. The molecule has 0 spiro atoms. The van der Waals surface area contributed by atoms with Gasteiger partial charge in [-0.2, -0.15) is 4.68 Å². The number of rotatable bonds is 8. The van der Waals surface area contributed by atoms with Crippen LogP contribution in [0.25, 0.3) is 5.69 Å². The summed E-state index contributed by atoms with van der Waals surface area (Å²) < 4.78 is 1.56. The first-order valence-electron chi connectivity index (χ1n) is 10.2. The average Bonchev–Trinajstić information content (AvgIpc) is 3.28. The molecule has 1 unspecified atom stereocenters. The number of benzene rings is 3. The summed E-state index contributed by atoms with van der Waals surface area (Å²) in [6.45, 7) is 2.90. The number of tetrazole rings is 1. The molecule has 1 atom stereocenters. The maximum atomic E-state index is 13.5. The van der Waals surface area contributed by atoms with E-state index in [0.29, 0.717) is 23.9 Å². The summed E-state index contributed by atoms with van der Waals surface area (Å²) >= 11 is 1.31. The van der Waals surface area contributed by atoms with Crippen molar-refractivity contribution in [3.8, 4) is 11.4 Å². The van der Waals surface area contributed by atoms with Crippen LogP contribution in [-0.2, 0) is 17.9 Å². The SMILES string of the molecule is CC(Sc1nnnn1-c1ccc(O)cc1)C(=O)N(Cc1ccccc1)Cc1ccccc1. The molecule has 0 saturated carbocycles. The van der Waals surface area contributed by atoms with Crippen LogP contribution in [0.2, 0.25) is 0 Å². The van der Waals surface area contributed by atoms with E-state index in [0.717, 1.165) is 11.1 Å². The van der Waals surface area contributed by atoms with Gasteiger partial charge < -0.3 is 10.0 Å². The highest BCUT2D eigenvalue weighted by molar-refractivity contribution is 8.00. The van der Waals surface area contributed by atoms with Gasteiger partial charge in [0.15, 0.2) is 0 Å². The first-order valence-corrected chi connectivity index (χ1v) is 11.1. The quantitative estimate of drug-likeness (QED) is 0.412. The Morgan fingerprint density at radius 3 is 2.06 bits per heavy atom. The minimum Gasteiger partial charge on any atom is -0.508 e. The lowest BCUT2D eigenvalue weighted by Crippen LogP contribution is -2.35. The van der Waals surface area contributed by atoms with Crippen molar-refractivity contribution in [2.75, 3.05) is 0 Å². The molecule has 3 aromatic carbocycles. The summed E-state index contributed by atoms with van der Waals surface area (Å²) in [4.78, 5) is 15.3. The lowest BCUT2D eigenvalue weighted by atomic mass is 10.1. The van der Waals surface area contributed by atoms with E-state index in [1.165, 1.54) is 11.8 Å². The second-order valence-electron chi connectivity index (χ2n) is 7.32. The van der Waals surface area contributed by atoms with Crippen LogP contribution in [0.5, 0.6) is 5.75 Å². The second kappa shape index (κ2) is 10.1. The number of phenolic OH excluding ortho intramolecular Hbond substituents is 1. The monoisotopic (exact) mass is 445 g/mol. The van der Waals surface area contributed by atoms with Crippen LogP contribution in [0, 0.1) is 0 Å². The molecule has 0 bridgehead atoms. The van der Waals surface area contributed by atoms with Gasteiger partial charge in [-0.15, -0.1) is 5.10 Å². The van der Waals surface area contributed by atoms with E-state index in [1.807, 2.05) is 72.5 Å². The first-order chi connectivity index (χ1) is 15.6. The summed E-state index contributed by atoms with van der Waals surface area (Å²) in [6.07, 6.45) is 0. The standard InChI is InChI=1S/C24H23N5O2S/c1-18(32-24-25-26-27-29(24)21-12-14-22(30)15-13-21)23(31)28(16-19-8-4-2-5-9-19)17-20-10-6-3-7-11-20/h2-15,18,30H,16-17H2,1H3. The summed E-state index contributed by atoms with van der Waals surface area (Å²) in [5.41, 5.74) is 2.85. The summed E-state index contributed by atoms with van der Waals surface area (Å²) in [7, 11) is 0. The fourth-order valence-corrected chi connectivity index (χ4v) is 4.18. The van der Waals surface area contributed by atoms with Gasteiger partial charge in [-0.25, -0.2) is 0 Å². The van der Waals surface area contributed by atoms with Crippen molar-refractivity contribution < 1.29 is 9.90 Å². The van der Waals surface area contributed by atoms with E-state index in [9.17, 15) is 9.90 Å². The summed E-state index contributed by atoms with van der Waals surface area (Å²) in [5, 5.41) is 21.5. The molecule has 4 rings (SSSR count). The molecule has 7 nitrogen and oxygen atoms in total. The number of hydrogen-bond donors (Lipinski definition) is 1. The van der Waals surface area contributed by atoms with Gasteiger partial charge in [0, 0.05) is 13.1 Å². The van der Waals surface area contributed by atoms with E-state index in [4.69, 9.17) is 0 Å². The van der Waals surface area contributed by atoms with Gasteiger partial charge in [-0.1, -0.05) is 72.4 Å². The Bertz CT molecular complexity index is 1110. The number of carbonyl (C=O) groups is 1. The number of thioether (sulfide) groups is 1. The fraction of sp³-hybridized carbons (Fsp3) is 0.167. The molecule has 0 fully saturated rings. The van der Waals surface area contributed by atoms with Crippen molar-refractivity contribution in [3.05, 3.63) is 96.1 Å². The maximum Gasteiger partial charge on any atom is 0.236 e. The van der Waals surface area contributed by atoms with Crippen molar-refractivity contribution in [1.29, 1.82) is 0 Å². The number of aromatic hydroxyl groups is 1. The molecule has 1 N–H and O–H groups in total. The molecule has 0 aliphatic heterocycles. The van der Waals surface area contributed by atoms with Crippen molar-refractivity contribution in [2.24, 2.45) is 0 Å². The molecule has 0 radical (unpaired) electrons. The molecular formula is C24H23N5O2S. The zero-order chi connectivity index (χ0) is 22.3. The Labute approximate surface area is 190 Å². The molecule has 1 amide bonds. The highest BCUT2D eigenvalue weighted by Gasteiger charge is 2.24. The highest BCUT2D eigenvalue weighted by atomic mass is 32.2. The highest BCUT2D eigenvalue weighted by Crippen LogP contribution is 2.26. The van der Waals surface area contributed by atoms with E-state index in [2.05, 4.69) is 15.5 Å². The molecule has 0 saturated heterocycles. The van der Waals surface area contributed by atoms with Crippen LogP contribution in [-0.4, -0.2) is 41.4 Å². The van der Waals surface area contributed by atoms with Crippen LogP contribution >= 0.6 is 11.8 Å². The smallest absolute Gasteiger partial charge is 0.236 e. The topological polar surface area (TPSA) is 84.1 Å². The Morgan fingerprint density at radius 1 is 0.938 bits per heavy atom. The Kier molecular flexibility index (Phi) is 6.81. The minimum atomic E-state index is -0.399. The third-order valence-corrected chi connectivity index (χ3v) is 5.93. The molecule has 4 aromatic rings. The zero-order valence-corrected chi connectivity index (χ0v) is 18.4. The fourth-order valence-electron chi connectivity index (χ4n) is 3.29. The average molecular weight is 446 g/mol. The first kappa shape index (κ1) is 21.6. The normalized spacial score (nSPS) is 11.8. The van der Waals surface area contributed by atoms with Gasteiger partial charge in [0.25, 0.3) is 0 Å². The Hall–Kier alpha value is -3.65. The number of hydrogen-bond acceptors (Lipinski definition) is 6. The minimum absolute atomic E-state index is 0.00274. The third kappa shape index (κ3) is 5.33. The van der Waals surface area contributed by atoms with E-state index in [1.54, 1.807) is 28.9 Å². The molecule has 32 heavy (non-hydrogen) atoms. The number of aromatic nitrogens is 4. The molecule has 0 aliphatic rings. The molecule has 0 aliphatic carbocycles. The lowest BCUT2D eigenvalue weighted by molar-refractivity contribution is -0.131. The van der Waals surface area contributed by atoms with Crippen LogP contribution in [0.1, 0.15) is 18.1 Å². The third-order valence-electron chi connectivity index (χ3n) is 4.91. The molecule has 8 heteroatoms. The van der Waals surface area contributed by atoms with E-state index in [-0.39, 0.29) is 11.7 Å². The Balaban J connectivity index is 1.53. The van der Waals surface area contributed by atoms with Gasteiger partial charge in [0.1, 0.15) is 5.75 Å². The zero-order valence-electron chi connectivity index (χ0n) is 17.6. The van der Waals surface area contributed by atoms with Crippen LogP contribution in [0.15, 0.2) is 90.1 Å². The van der Waals surface area contributed by atoms with Crippen molar-refractivity contribution in [3.63, 3.8) is 0 Å². The predicted octanol–water partition coefficient (Wildman–Crippen LogP) is 4.08. The largest absolute Gasteiger partial charge is 0.508 e. The van der Waals surface area contributed by atoms with Gasteiger partial charge >= 0.3 is 0 Å². The van der Waals surface area contributed by atoms with Crippen LogP contribution in [0.4, 0.5) is 0 Å². The summed E-state index contributed by atoms with van der Waals surface area (Å²) in [6, 6.07) is 26.5. The Morgan fingerprint density at radius 2 is 1.50 bits per heavy atom.